The number of carbonyl (C=O) groups is 1. The number of rotatable bonds is 5. The van der Waals surface area contributed by atoms with Gasteiger partial charge in [0.15, 0.2) is 0 Å². The first-order valence-electron chi connectivity index (χ1n) is 10.1. The van der Waals surface area contributed by atoms with Crippen molar-refractivity contribution in [1.82, 2.24) is 20.1 Å². The zero-order valence-electron chi connectivity index (χ0n) is 16.6. The number of hydrogen-bond donors (Lipinski definition) is 1. The first-order valence-corrected chi connectivity index (χ1v) is 10.5. The molecule has 0 spiro atoms. The molecule has 5 nitrogen and oxygen atoms in total. The molecule has 1 aliphatic rings. The molecule has 0 fully saturated rings. The van der Waals surface area contributed by atoms with Crippen LogP contribution < -0.4 is 5.32 Å². The van der Waals surface area contributed by atoms with Gasteiger partial charge in [0.2, 0.25) is 0 Å². The molecule has 150 valence electrons. The summed E-state index contributed by atoms with van der Waals surface area (Å²) in [5, 5.41) is 12.5. The van der Waals surface area contributed by atoms with Crippen molar-refractivity contribution in [1.29, 1.82) is 0 Å². The minimum absolute atomic E-state index is 0.0998. The molecule has 6 heteroatoms. The number of aromatic nitrogens is 3. The van der Waals surface area contributed by atoms with Crippen LogP contribution in [-0.4, -0.2) is 26.7 Å². The lowest BCUT2D eigenvalue weighted by Gasteiger charge is -2.17. The fourth-order valence-corrected chi connectivity index (χ4v) is 4.06. The van der Waals surface area contributed by atoms with Gasteiger partial charge in [-0.2, -0.15) is 0 Å². The fraction of sp³-hybridized carbons (Fsp3) is 0.348. The van der Waals surface area contributed by atoms with Crippen LogP contribution in [-0.2, 0) is 25.8 Å². The summed E-state index contributed by atoms with van der Waals surface area (Å²) in [6, 6.07) is 16.1. The summed E-state index contributed by atoms with van der Waals surface area (Å²) in [5.41, 5.74) is 2.87. The standard InChI is InChI=1S/C23H25ClN4O/c1-16-7-10-20(24)19(15-16)23(29)25-18-9-12-22-27-26-21(28(22)14-13-18)11-8-17-5-3-2-4-6-17/h2-7,10,15,18H,8-9,11-14H2,1H3,(H,25,29). The summed E-state index contributed by atoms with van der Waals surface area (Å²) in [5.74, 6) is 1.93. The van der Waals surface area contributed by atoms with E-state index in [1.807, 2.05) is 25.1 Å². The van der Waals surface area contributed by atoms with Crippen molar-refractivity contribution in [3.05, 3.63) is 81.9 Å². The second-order valence-corrected chi connectivity index (χ2v) is 8.06. The van der Waals surface area contributed by atoms with Gasteiger partial charge < -0.3 is 9.88 Å². The largest absolute Gasteiger partial charge is 0.349 e. The average molecular weight is 409 g/mol. The normalized spacial score (nSPS) is 16.1. The van der Waals surface area contributed by atoms with Crippen molar-refractivity contribution in [2.45, 2.75) is 51.6 Å². The Morgan fingerprint density at radius 3 is 2.79 bits per heavy atom. The van der Waals surface area contributed by atoms with Crippen LogP contribution >= 0.6 is 11.6 Å². The molecular weight excluding hydrogens is 384 g/mol. The highest BCUT2D eigenvalue weighted by molar-refractivity contribution is 6.33. The molecule has 0 radical (unpaired) electrons. The molecule has 1 aliphatic heterocycles. The van der Waals surface area contributed by atoms with Gasteiger partial charge in [0.05, 0.1) is 10.6 Å². The van der Waals surface area contributed by atoms with E-state index >= 15 is 0 Å². The lowest BCUT2D eigenvalue weighted by Crippen LogP contribution is -2.35. The number of halogens is 1. The number of nitrogens with one attached hydrogen (secondary N) is 1. The zero-order chi connectivity index (χ0) is 20.2. The van der Waals surface area contributed by atoms with Gasteiger partial charge in [-0.05, 0) is 43.9 Å². The summed E-state index contributed by atoms with van der Waals surface area (Å²) in [4.78, 5) is 12.7. The van der Waals surface area contributed by atoms with E-state index in [1.54, 1.807) is 6.07 Å². The van der Waals surface area contributed by atoms with Crippen LogP contribution in [0.5, 0.6) is 0 Å². The molecule has 29 heavy (non-hydrogen) atoms. The number of carbonyl (C=O) groups excluding carboxylic acids is 1. The Hall–Kier alpha value is -2.66. The Labute approximate surface area is 176 Å². The number of amides is 1. The Bertz CT molecular complexity index is 999. The molecule has 2 aromatic carbocycles. The molecule has 3 aromatic rings. The highest BCUT2D eigenvalue weighted by Crippen LogP contribution is 2.20. The molecule has 1 N–H and O–H groups in total. The molecule has 0 aliphatic carbocycles. The predicted molar refractivity (Wildman–Crippen MR) is 114 cm³/mol. The lowest BCUT2D eigenvalue weighted by atomic mass is 10.1. The molecule has 1 aromatic heterocycles. The summed E-state index contributed by atoms with van der Waals surface area (Å²) in [6.07, 6.45) is 4.34. The van der Waals surface area contributed by atoms with Gasteiger partial charge >= 0.3 is 0 Å². The van der Waals surface area contributed by atoms with Gasteiger partial charge in [-0.3, -0.25) is 4.79 Å². The molecule has 0 saturated carbocycles. The third kappa shape index (κ3) is 4.67. The fourth-order valence-electron chi connectivity index (χ4n) is 3.85. The molecule has 2 heterocycles. The van der Waals surface area contributed by atoms with Crippen LogP contribution in [0.2, 0.25) is 5.02 Å². The van der Waals surface area contributed by atoms with E-state index < -0.39 is 0 Å². The number of hydrogen-bond acceptors (Lipinski definition) is 3. The van der Waals surface area contributed by atoms with Crippen LogP contribution in [0.1, 0.15) is 46.0 Å². The smallest absolute Gasteiger partial charge is 0.253 e. The molecule has 1 atom stereocenters. The highest BCUT2D eigenvalue weighted by Gasteiger charge is 2.22. The van der Waals surface area contributed by atoms with E-state index in [9.17, 15) is 4.79 Å². The van der Waals surface area contributed by atoms with Gasteiger partial charge in [0, 0.05) is 25.4 Å². The van der Waals surface area contributed by atoms with Crippen LogP contribution in [0.15, 0.2) is 48.5 Å². The predicted octanol–water partition coefficient (Wildman–Crippen LogP) is 4.16. The van der Waals surface area contributed by atoms with Crippen molar-refractivity contribution in [2.24, 2.45) is 0 Å². The van der Waals surface area contributed by atoms with Gasteiger partial charge in [-0.1, -0.05) is 53.6 Å². The van der Waals surface area contributed by atoms with Gasteiger partial charge in [-0.25, -0.2) is 0 Å². The minimum Gasteiger partial charge on any atom is -0.349 e. The molecule has 1 amide bonds. The lowest BCUT2D eigenvalue weighted by molar-refractivity contribution is 0.0933. The Kier molecular flexibility index (Phi) is 5.95. The maximum atomic E-state index is 12.7. The van der Waals surface area contributed by atoms with Crippen molar-refractivity contribution in [3.8, 4) is 0 Å². The summed E-state index contributed by atoms with van der Waals surface area (Å²) < 4.78 is 2.23. The third-order valence-electron chi connectivity index (χ3n) is 5.50. The third-order valence-corrected chi connectivity index (χ3v) is 5.83. The van der Waals surface area contributed by atoms with E-state index in [1.165, 1.54) is 5.56 Å². The van der Waals surface area contributed by atoms with E-state index in [0.717, 1.165) is 55.9 Å². The van der Waals surface area contributed by atoms with Crippen LogP contribution in [0.3, 0.4) is 0 Å². The van der Waals surface area contributed by atoms with Gasteiger partial charge in [0.25, 0.3) is 5.91 Å². The van der Waals surface area contributed by atoms with Crippen molar-refractivity contribution in [2.75, 3.05) is 0 Å². The maximum Gasteiger partial charge on any atom is 0.253 e. The Balaban J connectivity index is 1.39. The molecule has 1 unspecified atom stereocenters. The zero-order valence-corrected chi connectivity index (χ0v) is 17.3. The second kappa shape index (κ2) is 8.78. The van der Waals surface area contributed by atoms with Gasteiger partial charge in [-0.15, -0.1) is 10.2 Å². The van der Waals surface area contributed by atoms with Crippen LogP contribution in [0, 0.1) is 6.92 Å². The summed E-state index contributed by atoms with van der Waals surface area (Å²) >= 11 is 6.22. The van der Waals surface area contributed by atoms with Crippen LogP contribution in [0.4, 0.5) is 0 Å². The highest BCUT2D eigenvalue weighted by atomic mass is 35.5. The van der Waals surface area contributed by atoms with Crippen molar-refractivity contribution in [3.63, 3.8) is 0 Å². The minimum atomic E-state index is -0.106. The van der Waals surface area contributed by atoms with Crippen molar-refractivity contribution >= 4 is 17.5 Å². The number of benzene rings is 2. The first-order chi connectivity index (χ1) is 14.1. The summed E-state index contributed by atoms with van der Waals surface area (Å²) in [6.45, 7) is 2.78. The molecule has 0 saturated heterocycles. The topological polar surface area (TPSA) is 59.8 Å². The summed E-state index contributed by atoms with van der Waals surface area (Å²) in [7, 11) is 0. The van der Waals surface area contributed by atoms with E-state index in [4.69, 9.17) is 11.6 Å². The van der Waals surface area contributed by atoms with E-state index in [-0.39, 0.29) is 11.9 Å². The Morgan fingerprint density at radius 1 is 1.14 bits per heavy atom. The SMILES string of the molecule is Cc1ccc(Cl)c(C(=O)NC2CCc3nnc(CCc4ccccc4)n3CC2)c1. The monoisotopic (exact) mass is 408 g/mol. The Morgan fingerprint density at radius 2 is 1.97 bits per heavy atom. The number of aryl methyl sites for hydroxylation is 4. The molecule has 4 rings (SSSR count). The maximum absolute atomic E-state index is 12.7. The second-order valence-electron chi connectivity index (χ2n) is 7.65. The average Bonchev–Trinajstić information content (AvgIpc) is 3.01. The van der Waals surface area contributed by atoms with Gasteiger partial charge in [0.1, 0.15) is 11.6 Å². The molecule has 0 bridgehead atoms. The van der Waals surface area contributed by atoms with Crippen molar-refractivity contribution < 1.29 is 4.79 Å². The number of fused-ring (bicyclic) bond motifs is 1. The van der Waals surface area contributed by atoms with Crippen LogP contribution in [0.25, 0.3) is 0 Å². The first kappa shape index (κ1) is 19.6. The number of nitrogens with zero attached hydrogens (tertiary/aromatic N) is 3. The van der Waals surface area contributed by atoms with E-state index in [2.05, 4.69) is 44.3 Å². The molecular formula is C23H25ClN4O. The quantitative estimate of drug-likeness (QED) is 0.689. The van der Waals surface area contributed by atoms with E-state index in [0.29, 0.717) is 10.6 Å².